The number of nitrogens with zero attached hydrogens (tertiary/aromatic N) is 2. The normalized spacial score (nSPS) is 13.9. The zero-order valence-corrected chi connectivity index (χ0v) is 17.5. The fraction of sp³-hybridized carbons (Fsp3) is 0.368. The molecular weight excluding hydrogens is 481 g/mol. The van der Waals surface area contributed by atoms with Crippen LogP contribution in [0.1, 0.15) is 45.7 Å². The van der Waals surface area contributed by atoms with Crippen LogP contribution >= 0.6 is 22.6 Å². The number of aryl methyl sites for hydroxylation is 1. The maximum absolute atomic E-state index is 13.7. The standard InChI is InChI=1S/C19H19F2IN4O2/c1-10-8-15(25-18(24-10)26-16(27)12-6-7-12)17(28)23-9-13-4-3-5-14(11(13)2)19(20,21)22/h3-5,8,12H,6-7,9H2,1-2H3,(H,23,28)(H,24,25,26,27). The minimum absolute atomic E-state index is 0.00678. The van der Waals surface area contributed by atoms with Crippen molar-refractivity contribution in [3.8, 4) is 0 Å². The van der Waals surface area contributed by atoms with Gasteiger partial charge in [0.1, 0.15) is 5.69 Å². The Morgan fingerprint density at radius 2 is 1.96 bits per heavy atom. The number of amides is 2. The number of carbonyl (C=O) groups excluding carboxylic acids is 2. The molecule has 2 amide bonds. The number of nitrogens with one attached hydrogen (secondary N) is 2. The molecule has 0 radical (unpaired) electrons. The topological polar surface area (TPSA) is 84.0 Å². The van der Waals surface area contributed by atoms with Crippen LogP contribution in [0.15, 0.2) is 24.3 Å². The van der Waals surface area contributed by atoms with Gasteiger partial charge in [-0.05, 0) is 43.9 Å². The zero-order chi connectivity index (χ0) is 20.5. The van der Waals surface area contributed by atoms with Crippen molar-refractivity contribution in [3.63, 3.8) is 0 Å². The van der Waals surface area contributed by atoms with Crippen LogP contribution in [0.2, 0.25) is 0 Å². The van der Waals surface area contributed by atoms with Gasteiger partial charge in [-0.3, -0.25) is 14.9 Å². The van der Waals surface area contributed by atoms with Crippen LogP contribution in [0, 0.1) is 19.8 Å². The summed E-state index contributed by atoms with van der Waals surface area (Å²) < 4.78 is 24.3. The van der Waals surface area contributed by atoms with Crippen LogP contribution in [0.4, 0.5) is 14.7 Å². The molecule has 1 aromatic carbocycles. The molecule has 9 heteroatoms. The lowest BCUT2D eigenvalue weighted by Gasteiger charge is -2.16. The van der Waals surface area contributed by atoms with Gasteiger partial charge in [-0.2, -0.15) is 8.78 Å². The minimum Gasteiger partial charge on any atom is -0.347 e. The van der Waals surface area contributed by atoms with E-state index >= 15 is 0 Å². The Labute approximate surface area is 174 Å². The van der Waals surface area contributed by atoms with Gasteiger partial charge in [0.05, 0.1) is 0 Å². The van der Waals surface area contributed by atoms with Gasteiger partial charge in [0, 0.05) is 46.3 Å². The minimum atomic E-state index is -2.99. The number of carbonyl (C=O) groups is 2. The van der Waals surface area contributed by atoms with Crippen molar-refractivity contribution in [1.82, 2.24) is 15.3 Å². The van der Waals surface area contributed by atoms with Crippen molar-refractivity contribution in [2.75, 3.05) is 5.32 Å². The molecule has 2 aromatic rings. The Balaban J connectivity index is 1.71. The molecule has 1 aromatic heterocycles. The van der Waals surface area contributed by atoms with Crippen molar-refractivity contribution in [1.29, 1.82) is 0 Å². The van der Waals surface area contributed by atoms with Gasteiger partial charge < -0.3 is 5.32 Å². The fourth-order valence-corrected chi connectivity index (χ4v) is 3.33. The third kappa shape index (κ3) is 5.00. The largest absolute Gasteiger partial charge is 0.347 e. The Bertz CT molecular complexity index is 927. The predicted octanol–water partition coefficient (Wildman–Crippen LogP) is 3.86. The highest BCUT2D eigenvalue weighted by molar-refractivity contribution is 14.1. The molecule has 3 rings (SSSR count). The number of benzene rings is 1. The van der Waals surface area contributed by atoms with Gasteiger partial charge in [-0.15, -0.1) is 0 Å². The summed E-state index contributed by atoms with van der Waals surface area (Å²) in [5.41, 5.74) is 1.58. The summed E-state index contributed by atoms with van der Waals surface area (Å²) in [6, 6.07) is 6.10. The lowest BCUT2D eigenvalue weighted by Crippen LogP contribution is -2.26. The molecule has 1 fully saturated rings. The third-order valence-electron chi connectivity index (χ3n) is 4.46. The SMILES string of the molecule is Cc1cc(C(=O)NCc2cccc(C(F)(F)I)c2C)nc(NC(=O)C2CC2)n1. The van der Waals surface area contributed by atoms with E-state index in [1.165, 1.54) is 18.2 Å². The van der Waals surface area contributed by atoms with E-state index in [1.54, 1.807) is 19.9 Å². The number of halogens is 3. The summed E-state index contributed by atoms with van der Waals surface area (Å²) in [6.45, 7) is 3.38. The number of hydrogen-bond acceptors (Lipinski definition) is 4. The summed E-state index contributed by atoms with van der Waals surface area (Å²) in [5, 5.41) is 5.31. The monoisotopic (exact) mass is 500 g/mol. The van der Waals surface area contributed by atoms with Crippen LogP contribution < -0.4 is 10.6 Å². The van der Waals surface area contributed by atoms with Crippen molar-refractivity contribution < 1.29 is 18.4 Å². The van der Waals surface area contributed by atoms with E-state index in [-0.39, 0.29) is 35.6 Å². The van der Waals surface area contributed by atoms with Crippen molar-refractivity contribution in [3.05, 3.63) is 52.3 Å². The molecule has 0 spiro atoms. The van der Waals surface area contributed by atoms with Gasteiger partial charge in [0.15, 0.2) is 0 Å². The smallest absolute Gasteiger partial charge is 0.321 e. The van der Waals surface area contributed by atoms with Crippen LogP contribution in [0.25, 0.3) is 0 Å². The lowest BCUT2D eigenvalue weighted by molar-refractivity contribution is -0.117. The van der Waals surface area contributed by atoms with Crippen molar-refractivity contribution in [2.45, 2.75) is 37.2 Å². The summed E-state index contributed by atoms with van der Waals surface area (Å²) in [5.74, 6) is -0.542. The van der Waals surface area contributed by atoms with Gasteiger partial charge in [0.25, 0.3) is 5.91 Å². The van der Waals surface area contributed by atoms with Crippen molar-refractivity contribution >= 4 is 40.4 Å². The Morgan fingerprint density at radius 3 is 2.61 bits per heavy atom. The summed E-state index contributed by atoms with van der Waals surface area (Å²) in [6.07, 6.45) is 1.69. The first-order valence-corrected chi connectivity index (χ1v) is 9.83. The highest BCUT2D eigenvalue weighted by atomic mass is 127. The quantitative estimate of drug-likeness (QED) is 0.467. The maximum Gasteiger partial charge on any atom is 0.321 e. The molecule has 6 nitrogen and oxygen atoms in total. The molecule has 0 atom stereocenters. The summed E-state index contributed by atoms with van der Waals surface area (Å²) >= 11 is 1.09. The van der Waals surface area contributed by atoms with Crippen LogP contribution in [-0.4, -0.2) is 21.8 Å². The molecule has 0 unspecified atom stereocenters. The van der Waals surface area contributed by atoms with Crippen molar-refractivity contribution in [2.24, 2.45) is 5.92 Å². The number of alkyl halides is 3. The molecule has 1 aliphatic carbocycles. The van der Waals surface area contributed by atoms with E-state index in [0.29, 0.717) is 16.8 Å². The van der Waals surface area contributed by atoms with E-state index in [1.807, 2.05) is 0 Å². The second-order valence-electron chi connectivity index (χ2n) is 6.75. The number of hydrogen-bond donors (Lipinski definition) is 2. The average molecular weight is 500 g/mol. The fourth-order valence-electron chi connectivity index (χ4n) is 2.75. The zero-order valence-electron chi connectivity index (χ0n) is 15.4. The van der Waals surface area contributed by atoms with Crippen LogP contribution in [0.3, 0.4) is 0 Å². The summed E-state index contributed by atoms with van der Waals surface area (Å²) in [4.78, 5) is 32.6. The van der Waals surface area contributed by atoms with E-state index in [2.05, 4.69) is 20.6 Å². The molecule has 0 bridgehead atoms. The Kier molecular flexibility index (Phi) is 5.92. The van der Waals surface area contributed by atoms with Gasteiger partial charge >= 0.3 is 3.93 Å². The molecule has 28 heavy (non-hydrogen) atoms. The highest BCUT2D eigenvalue weighted by Crippen LogP contribution is 2.37. The Morgan fingerprint density at radius 1 is 1.25 bits per heavy atom. The first kappa shape index (κ1) is 20.6. The molecular formula is C19H19F2IN4O2. The Hall–Kier alpha value is -2.17. The van der Waals surface area contributed by atoms with E-state index < -0.39 is 9.84 Å². The highest BCUT2D eigenvalue weighted by Gasteiger charge is 2.30. The van der Waals surface area contributed by atoms with Gasteiger partial charge in [-0.1, -0.05) is 18.2 Å². The molecule has 1 saturated carbocycles. The van der Waals surface area contributed by atoms with E-state index in [9.17, 15) is 18.4 Å². The molecule has 1 aliphatic rings. The van der Waals surface area contributed by atoms with Gasteiger partial charge in [-0.25, -0.2) is 9.97 Å². The second-order valence-corrected chi connectivity index (χ2v) is 8.11. The number of anilines is 1. The van der Waals surface area contributed by atoms with Gasteiger partial charge in [0.2, 0.25) is 11.9 Å². The van der Waals surface area contributed by atoms with E-state index in [4.69, 9.17) is 0 Å². The van der Waals surface area contributed by atoms with Crippen LogP contribution in [0.5, 0.6) is 0 Å². The maximum atomic E-state index is 13.7. The molecule has 0 saturated heterocycles. The predicted molar refractivity (Wildman–Crippen MR) is 108 cm³/mol. The molecule has 2 N–H and O–H groups in total. The van der Waals surface area contributed by atoms with Crippen LogP contribution in [-0.2, 0) is 15.3 Å². The molecule has 1 heterocycles. The molecule has 148 valence electrons. The second kappa shape index (κ2) is 8.06. The van der Waals surface area contributed by atoms with E-state index in [0.717, 1.165) is 35.4 Å². The third-order valence-corrected chi connectivity index (χ3v) is 5.04. The first-order chi connectivity index (χ1) is 13.1. The summed E-state index contributed by atoms with van der Waals surface area (Å²) in [7, 11) is 0. The molecule has 0 aliphatic heterocycles. The average Bonchev–Trinajstić information content (AvgIpc) is 3.44. The first-order valence-electron chi connectivity index (χ1n) is 8.75. The number of aromatic nitrogens is 2. The lowest BCUT2D eigenvalue weighted by atomic mass is 10.0. The number of rotatable bonds is 6.